The molecule has 5 nitrogen and oxygen atoms in total. The van der Waals surface area contributed by atoms with Gasteiger partial charge in [-0.05, 0) is 42.5 Å². The van der Waals surface area contributed by atoms with Gasteiger partial charge in [0, 0.05) is 6.20 Å². The van der Waals surface area contributed by atoms with Gasteiger partial charge in [0.1, 0.15) is 5.75 Å². The van der Waals surface area contributed by atoms with Crippen molar-refractivity contribution in [3.8, 4) is 5.75 Å². The fourth-order valence-electron chi connectivity index (χ4n) is 2.39. The number of benzene rings is 1. The SMILES string of the molecule is O=C(O)c1nn(COc2ccc3c(c2)CCC3)cc1Cl. The summed E-state index contributed by atoms with van der Waals surface area (Å²) in [5, 5.41) is 12.8. The third kappa shape index (κ3) is 2.49. The molecule has 1 heterocycles. The van der Waals surface area contributed by atoms with Crippen LogP contribution in [0.4, 0.5) is 0 Å². The Morgan fingerprint density at radius 1 is 1.40 bits per heavy atom. The van der Waals surface area contributed by atoms with Crippen LogP contribution in [0.15, 0.2) is 24.4 Å². The number of halogens is 1. The van der Waals surface area contributed by atoms with Crippen molar-refractivity contribution in [3.05, 3.63) is 46.2 Å². The Hall–Kier alpha value is -2.01. The number of rotatable bonds is 4. The molecule has 104 valence electrons. The third-order valence-corrected chi connectivity index (χ3v) is 3.63. The van der Waals surface area contributed by atoms with Crippen LogP contribution in [-0.4, -0.2) is 20.9 Å². The minimum atomic E-state index is -1.15. The maximum absolute atomic E-state index is 10.8. The molecule has 2 aromatic rings. The van der Waals surface area contributed by atoms with Crippen molar-refractivity contribution in [1.29, 1.82) is 0 Å². The second kappa shape index (κ2) is 5.17. The van der Waals surface area contributed by atoms with Crippen LogP contribution in [0.3, 0.4) is 0 Å². The molecule has 1 aliphatic rings. The van der Waals surface area contributed by atoms with E-state index in [-0.39, 0.29) is 17.4 Å². The third-order valence-electron chi connectivity index (χ3n) is 3.35. The van der Waals surface area contributed by atoms with E-state index in [9.17, 15) is 4.79 Å². The first-order chi connectivity index (χ1) is 9.63. The number of nitrogens with zero attached hydrogens (tertiary/aromatic N) is 2. The van der Waals surface area contributed by atoms with Crippen LogP contribution in [-0.2, 0) is 19.6 Å². The molecule has 0 amide bonds. The summed E-state index contributed by atoms with van der Waals surface area (Å²) in [6.45, 7) is 0.131. The van der Waals surface area contributed by atoms with Gasteiger partial charge in [0.2, 0.25) is 0 Å². The Morgan fingerprint density at radius 3 is 2.95 bits per heavy atom. The van der Waals surface area contributed by atoms with Gasteiger partial charge in [0.15, 0.2) is 12.4 Å². The first kappa shape index (κ1) is 13.0. The highest BCUT2D eigenvalue weighted by molar-refractivity contribution is 6.33. The number of aromatic carboxylic acids is 1. The van der Waals surface area contributed by atoms with E-state index >= 15 is 0 Å². The van der Waals surface area contributed by atoms with Crippen molar-refractivity contribution < 1.29 is 14.6 Å². The Balaban J connectivity index is 1.70. The summed E-state index contributed by atoms with van der Waals surface area (Å²) >= 11 is 5.78. The smallest absolute Gasteiger partial charge is 0.357 e. The van der Waals surface area contributed by atoms with Gasteiger partial charge >= 0.3 is 5.97 Å². The van der Waals surface area contributed by atoms with Crippen LogP contribution < -0.4 is 4.74 Å². The molecule has 20 heavy (non-hydrogen) atoms. The van der Waals surface area contributed by atoms with E-state index in [1.54, 1.807) is 0 Å². The second-order valence-electron chi connectivity index (χ2n) is 4.73. The van der Waals surface area contributed by atoms with Crippen LogP contribution >= 0.6 is 11.6 Å². The average Bonchev–Trinajstić information content (AvgIpc) is 3.01. The number of hydrogen-bond donors (Lipinski definition) is 1. The molecule has 0 saturated heterocycles. The monoisotopic (exact) mass is 292 g/mol. The van der Waals surface area contributed by atoms with Gasteiger partial charge in [-0.2, -0.15) is 5.10 Å². The predicted octanol–water partition coefficient (Wildman–Crippen LogP) is 2.76. The van der Waals surface area contributed by atoms with Crippen molar-refractivity contribution in [2.75, 3.05) is 0 Å². The summed E-state index contributed by atoms with van der Waals surface area (Å²) in [5.74, 6) is -0.388. The van der Waals surface area contributed by atoms with E-state index in [1.807, 2.05) is 12.1 Å². The molecular weight excluding hydrogens is 280 g/mol. The topological polar surface area (TPSA) is 64.3 Å². The maximum atomic E-state index is 10.8. The highest BCUT2D eigenvalue weighted by atomic mass is 35.5. The highest BCUT2D eigenvalue weighted by Crippen LogP contribution is 2.26. The molecule has 3 rings (SSSR count). The number of carboxylic acids is 1. The number of aryl methyl sites for hydroxylation is 2. The Labute approximate surface area is 120 Å². The van der Waals surface area contributed by atoms with Crippen molar-refractivity contribution in [2.24, 2.45) is 0 Å². The second-order valence-corrected chi connectivity index (χ2v) is 5.13. The summed E-state index contributed by atoms with van der Waals surface area (Å²) < 4.78 is 6.99. The quantitative estimate of drug-likeness (QED) is 0.941. The summed E-state index contributed by atoms with van der Waals surface area (Å²) in [7, 11) is 0. The van der Waals surface area contributed by atoms with Crippen LogP contribution in [0, 0.1) is 0 Å². The van der Waals surface area contributed by atoms with Crippen molar-refractivity contribution >= 4 is 17.6 Å². The molecule has 0 fully saturated rings. The van der Waals surface area contributed by atoms with E-state index in [0.29, 0.717) is 0 Å². The highest BCUT2D eigenvalue weighted by Gasteiger charge is 2.14. The van der Waals surface area contributed by atoms with Crippen LogP contribution in [0.5, 0.6) is 5.75 Å². The standard InChI is InChI=1S/C14H13ClN2O3/c15-12-7-17(16-13(12)14(18)19)8-20-11-5-4-9-2-1-3-10(9)6-11/h4-7H,1-3,8H2,(H,18,19). The van der Waals surface area contributed by atoms with E-state index in [2.05, 4.69) is 11.2 Å². The molecule has 0 unspecified atom stereocenters. The minimum Gasteiger partial charge on any atom is -0.476 e. The van der Waals surface area contributed by atoms with E-state index in [0.717, 1.165) is 18.6 Å². The fraction of sp³-hybridized carbons (Fsp3) is 0.286. The normalized spacial score (nSPS) is 13.2. The molecular formula is C14H13ClN2O3. The Morgan fingerprint density at radius 2 is 2.20 bits per heavy atom. The van der Waals surface area contributed by atoms with Crippen LogP contribution in [0.25, 0.3) is 0 Å². The van der Waals surface area contributed by atoms with E-state index in [1.165, 1.54) is 28.4 Å². The lowest BCUT2D eigenvalue weighted by Crippen LogP contribution is -2.07. The van der Waals surface area contributed by atoms with Crippen molar-refractivity contribution in [1.82, 2.24) is 9.78 Å². The van der Waals surface area contributed by atoms with E-state index < -0.39 is 5.97 Å². The number of aromatic nitrogens is 2. The summed E-state index contributed by atoms with van der Waals surface area (Å²) in [6.07, 6.45) is 4.85. The zero-order valence-electron chi connectivity index (χ0n) is 10.7. The van der Waals surface area contributed by atoms with Gasteiger partial charge in [-0.1, -0.05) is 17.7 Å². The lowest BCUT2D eigenvalue weighted by Gasteiger charge is -2.08. The molecule has 1 aliphatic carbocycles. The number of fused-ring (bicyclic) bond motifs is 1. The first-order valence-corrected chi connectivity index (χ1v) is 6.72. The lowest BCUT2D eigenvalue weighted by atomic mass is 10.1. The molecule has 1 aromatic heterocycles. The van der Waals surface area contributed by atoms with Gasteiger partial charge in [-0.15, -0.1) is 0 Å². The molecule has 6 heteroatoms. The fourth-order valence-corrected chi connectivity index (χ4v) is 2.62. The molecule has 0 spiro atoms. The number of hydrogen-bond acceptors (Lipinski definition) is 3. The van der Waals surface area contributed by atoms with E-state index in [4.69, 9.17) is 21.4 Å². The number of carbonyl (C=O) groups is 1. The van der Waals surface area contributed by atoms with Crippen molar-refractivity contribution in [3.63, 3.8) is 0 Å². The molecule has 1 aromatic carbocycles. The van der Waals surface area contributed by atoms with Crippen molar-refractivity contribution in [2.45, 2.75) is 26.0 Å². The predicted molar refractivity (Wildman–Crippen MR) is 73.3 cm³/mol. The zero-order valence-corrected chi connectivity index (χ0v) is 11.4. The van der Waals surface area contributed by atoms with Gasteiger partial charge in [-0.3, -0.25) is 0 Å². The Kier molecular flexibility index (Phi) is 3.36. The zero-order chi connectivity index (χ0) is 14.1. The summed E-state index contributed by atoms with van der Waals surface area (Å²) in [4.78, 5) is 10.8. The molecule has 0 bridgehead atoms. The summed E-state index contributed by atoms with van der Waals surface area (Å²) in [5.41, 5.74) is 2.55. The lowest BCUT2D eigenvalue weighted by molar-refractivity contribution is 0.0688. The number of ether oxygens (including phenoxy) is 1. The van der Waals surface area contributed by atoms with Gasteiger partial charge in [0.05, 0.1) is 5.02 Å². The van der Waals surface area contributed by atoms with Gasteiger partial charge in [0.25, 0.3) is 0 Å². The molecule has 0 saturated carbocycles. The molecule has 0 radical (unpaired) electrons. The van der Waals surface area contributed by atoms with Crippen LogP contribution in [0.1, 0.15) is 28.0 Å². The molecule has 0 aliphatic heterocycles. The Bertz CT molecular complexity index is 666. The first-order valence-electron chi connectivity index (χ1n) is 6.34. The maximum Gasteiger partial charge on any atom is 0.357 e. The van der Waals surface area contributed by atoms with Gasteiger partial charge in [-0.25, -0.2) is 9.48 Å². The van der Waals surface area contributed by atoms with Crippen LogP contribution in [0.2, 0.25) is 5.02 Å². The summed E-state index contributed by atoms with van der Waals surface area (Å²) in [6, 6.07) is 6.04. The van der Waals surface area contributed by atoms with Gasteiger partial charge < -0.3 is 9.84 Å². The minimum absolute atomic E-state index is 0.107. The molecule has 1 N–H and O–H groups in total. The molecule has 0 atom stereocenters. The number of carboxylic acid groups (broad SMARTS) is 1. The largest absolute Gasteiger partial charge is 0.476 e. The average molecular weight is 293 g/mol.